The zero-order chi connectivity index (χ0) is 35.0. The first kappa shape index (κ1) is 39.1. The topological polar surface area (TPSA) is 131 Å². The van der Waals surface area contributed by atoms with Crippen molar-refractivity contribution < 1.29 is 34.9 Å². The average molecular weight is 640 g/mol. The molecule has 0 atom stereocenters. The number of aromatic nitrogens is 6. The summed E-state index contributed by atoms with van der Waals surface area (Å²) >= 11 is 0. The van der Waals surface area contributed by atoms with Gasteiger partial charge in [0, 0.05) is 86.0 Å². The molecule has 6 aromatic heterocycles. The molecule has 0 bridgehead atoms. The van der Waals surface area contributed by atoms with Crippen molar-refractivity contribution in [2.75, 3.05) is 0 Å². The quantitative estimate of drug-likeness (QED) is 0.123. The van der Waals surface area contributed by atoms with Gasteiger partial charge in [-0.25, -0.2) is 0 Å². The normalized spacial score (nSPS) is 9.09. The first-order valence-corrected chi connectivity index (χ1v) is 14.8. The van der Waals surface area contributed by atoms with Crippen LogP contribution in [-0.4, -0.2) is 35.7 Å². The largest absolute Gasteiger partial charge is 0.506 e. The van der Waals surface area contributed by atoms with Crippen LogP contribution in [0.2, 0.25) is 0 Å². The third-order valence-corrected chi connectivity index (χ3v) is 5.88. The monoisotopic (exact) mass is 639 g/mol. The lowest BCUT2D eigenvalue weighted by Gasteiger charge is -1.92. The van der Waals surface area contributed by atoms with E-state index < -0.39 is 0 Å². The highest BCUT2D eigenvalue weighted by Gasteiger charge is 1.96. The molecule has 6 aromatic rings. The van der Waals surface area contributed by atoms with Gasteiger partial charge in [-0.15, -0.1) is 0 Å². The number of pyridine rings is 6. The Labute approximate surface area is 277 Å². The molecule has 0 fully saturated rings. The second-order valence-electron chi connectivity index (χ2n) is 10.2. The van der Waals surface area contributed by atoms with Crippen molar-refractivity contribution in [3.63, 3.8) is 0 Å². The summed E-state index contributed by atoms with van der Waals surface area (Å²) in [5, 5.41) is 35.0. The Morgan fingerprint density at radius 3 is 1.38 bits per heavy atom. The molecule has 246 valence electrons. The molecule has 0 aliphatic heterocycles. The van der Waals surface area contributed by atoms with Crippen LogP contribution in [0.25, 0.3) is 0 Å². The SMILES string of the molecule is Cc1ccc(O)cn1.Cc1ccc[n+](O)c1.Cc1ccc[n+](O)c1.Cc1cccc[n+]1O.Cc1ccccn1.Cc1cccnc1C. The number of hydrogen-bond acceptors (Lipinski definition) is 7. The molecule has 0 saturated carbocycles. The maximum absolute atomic E-state index is 8.84. The first-order valence-electron chi connectivity index (χ1n) is 14.8. The maximum atomic E-state index is 8.84. The number of hydrogen-bond donors (Lipinski definition) is 4. The van der Waals surface area contributed by atoms with Crippen LogP contribution in [0, 0.1) is 48.5 Å². The van der Waals surface area contributed by atoms with Gasteiger partial charge in [-0.3, -0.25) is 30.6 Å². The summed E-state index contributed by atoms with van der Waals surface area (Å²) in [7, 11) is 0. The van der Waals surface area contributed by atoms with Crippen molar-refractivity contribution in [3.8, 4) is 5.75 Å². The van der Waals surface area contributed by atoms with Gasteiger partial charge in [0.25, 0.3) is 0 Å². The van der Waals surface area contributed by atoms with Gasteiger partial charge in [0.1, 0.15) is 5.75 Å². The fraction of sp³-hybridized carbons (Fsp3) is 0.189. The lowest BCUT2D eigenvalue weighted by Crippen LogP contribution is -2.32. The maximum Gasteiger partial charge on any atom is 0.231 e. The van der Waals surface area contributed by atoms with Crippen LogP contribution in [0.15, 0.2) is 135 Å². The van der Waals surface area contributed by atoms with E-state index in [1.165, 1.54) is 11.8 Å². The number of rotatable bonds is 0. The molecule has 6 heterocycles. The van der Waals surface area contributed by atoms with Crippen LogP contribution in [0.3, 0.4) is 0 Å². The van der Waals surface area contributed by atoms with E-state index in [9.17, 15) is 0 Å². The summed E-state index contributed by atoms with van der Waals surface area (Å²) in [5.41, 5.74) is 7.31. The molecule has 0 radical (unpaired) electrons. The van der Waals surface area contributed by atoms with Gasteiger partial charge < -0.3 is 5.11 Å². The molecule has 0 aromatic carbocycles. The summed E-state index contributed by atoms with van der Waals surface area (Å²) in [6.07, 6.45) is 13.0. The summed E-state index contributed by atoms with van der Waals surface area (Å²) in [6, 6.07) is 26.1. The highest BCUT2D eigenvalue weighted by Crippen LogP contribution is 2.03. The average Bonchev–Trinajstić information content (AvgIpc) is 3.03. The minimum Gasteiger partial charge on any atom is -0.506 e. The summed E-state index contributed by atoms with van der Waals surface area (Å²) < 4.78 is 3.16. The molecule has 0 saturated heterocycles. The number of aryl methyl sites for hydroxylation is 7. The highest BCUT2D eigenvalue weighted by molar-refractivity contribution is 5.17. The van der Waals surface area contributed by atoms with E-state index in [0.29, 0.717) is 0 Å². The van der Waals surface area contributed by atoms with E-state index in [2.05, 4.69) is 27.9 Å². The number of nitrogens with zero attached hydrogens (tertiary/aromatic N) is 6. The molecule has 0 amide bonds. The third-order valence-electron chi connectivity index (χ3n) is 5.88. The van der Waals surface area contributed by atoms with E-state index in [-0.39, 0.29) is 5.75 Å². The van der Waals surface area contributed by atoms with Crippen molar-refractivity contribution in [1.29, 1.82) is 0 Å². The van der Waals surface area contributed by atoms with Crippen LogP contribution < -0.4 is 14.2 Å². The molecule has 0 spiro atoms. The zero-order valence-corrected chi connectivity index (χ0v) is 28.2. The Morgan fingerprint density at radius 1 is 0.511 bits per heavy atom. The Kier molecular flexibility index (Phi) is 18.8. The molecular formula is C37H47N6O4+3. The second kappa shape index (κ2) is 22.6. The predicted octanol–water partition coefficient (Wildman–Crippen LogP) is 5.74. The van der Waals surface area contributed by atoms with Gasteiger partial charge in [0.05, 0.1) is 6.20 Å². The van der Waals surface area contributed by atoms with E-state index in [0.717, 1.165) is 48.1 Å². The van der Waals surface area contributed by atoms with E-state index >= 15 is 0 Å². The molecule has 0 aliphatic rings. The van der Waals surface area contributed by atoms with Crippen LogP contribution >= 0.6 is 0 Å². The fourth-order valence-corrected chi connectivity index (χ4v) is 3.15. The first-order chi connectivity index (χ1) is 22.4. The van der Waals surface area contributed by atoms with Gasteiger partial charge >= 0.3 is 0 Å². The molecule has 47 heavy (non-hydrogen) atoms. The van der Waals surface area contributed by atoms with Gasteiger partial charge in [-0.1, -0.05) is 12.1 Å². The van der Waals surface area contributed by atoms with Crippen molar-refractivity contribution in [2.45, 2.75) is 48.5 Å². The summed E-state index contributed by atoms with van der Waals surface area (Å²) in [4.78, 5) is 11.9. The van der Waals surface area contributed by atoms with Gasteiger partial charge in [0.2, 0.25) is 36.7 Å². The zero-order valence-electron chi connectivity index (χ0n) is 28.2. The minimum atomic E-state index is 0.218. The molecule has 4 N–H and O–H groups in total. The van der Waals surface area contributed by atoms with Crippen molar-refractivity contribution in [3.05, 3.63) is 174 Å². The predicted molar refractivity (Wildman–Crippen MR) is 179 cm³/mol. The lowest BCUT2D eigenvalue weighted by atomic mass is 10.2. The van der Waals surface area contributed by atoms with Crippen molar-refractivity contribution >= 4 is 0 Å². The third kappa shape index (κ3) is 19.9. The van der Waals surface area contributed by atoms with Crippen LogP contribution in [0.4, 0.5) is 0 Å². The van der Waals surface area contributed by atoms with Crippen molar-refractivity contribution in [1.82, 2.24) is 15.0 Å². The summed E-state index contributed by atoms with van der Waals surface area (Å²) in [6.45, 7) is 13.6. The molecule has 0 aliphatic carbocycles. The summed E-state index contributed by atoms with van der Waals surface area (Å²) in [5.74, 6) is 0.218. The van der Waals surface area contributed by atoms with E-state index in [1.54, 1.807) is 67.5 Å². The molecular weight excluding hydrogens is 592 g/mol. The smallest absolute Gasteiger partial charge is 0.231 e. The minimum absolute atomic E-state index is 0.218. The Bertz CT molecular complexity index is 1520. The molecule has 0 unspecified atom stereocenters. The van der Waals surface area contributed by atoms with Gasteiger partial charge in [-0.05, 0) is 95.6 Å². The fourth-order valence-electron chi connectivity index (χ4n) is 3.15. The van der Waals surface area contributed by atoms with E-state index in [4.69, 9.17) is 20.7 Å². The second-order valence-corrected chi connectivity index (χ2v) is 10.2. The molecule has 10 nitrogen and oxygen atoms in total. The number of aromatic hydroxyl groups is 1. The van der Waals surface area contributed by atoms with Gasteiger partial charge in [0.15, 0.2) is 0 Å². The van der Waals surface area contributed by atoms with Crippen molar-refractivity contribution in [2.24, 2.45) is 0 Å². The Morgan fingerprint density at radius 2 is 1.09 bits per heavy atom. The van der Waals surface area contributed by atoms with E-state index in [1.807, 2.05) is 96.3 Å². The Balaban J connectivity index is 0.000000282. The molecule has 10 heteroatoms. The molecule has 6 rings (SSSR count). The van der Waals surface area contributed by atoms with Crippen LogP contribution in [0.5, 0.6) is 5.75 Å². The standard InChI is InChI=1S/C7H9N.C6H7NO.3C6H8NO.C6H7N/c1-6-4-3-5-8-7(6)2;1-5-2-3-6(8)4-7-5;2*1-6-3-2-4-7(8)5-6;1-6-4-2-3-5-7(6)8;1-6-4-2-3-5-7-6/h3-5H,1-2H3;2-4,8H,1H3;3*2-5,8H,1H3;2-5H,1H3/q;;3*+1;. The van der Waals surface area contributed by atoms with Crippen LogP contribution in [-0.2, 0) is 0 Å². The Hall–Kier alpha value is -5.90. The van der Waals surface area contributed by atoms with Crippen LogP contribution in [0.1, 0.15) is 39.5 Å². The van der Waals surface area contributed by atoms with Gasteiger partial charge in [-0.2, -0.15) is 0 Å². The highest BCUT2D eigenvalue weighted by atomic mass is 16.5. The lowest BCUT2D eigenvalue weighted by molar-refractivity contribution is -0.908.